The van der Waals surface area contributed by atoms with Gasteiger partial charge in [-0.1, -0.05) is 6.07 Å². The van der Waals surface area contributed by atoms with E-state index in [1.54, 1.807) is 12.1 Å². The van der Waals surface area contributed by atoms with Gasteiger partial charge in [0, 0.05) is 42.3 Å². The van der Waals surface area contributed by atoms with Gasteiger partial charge < -0.3 is 25.0 Å². The molecule has 0 bridgehead atoms. The third-order valence-corrected chi connectivity index (χ3v) is 4.57. The molecule has 4 rings (SSSR count). The predicted molar refractivity (Wildman–Crippen MR) is 97.9 cm³/mol. The number of allylic oxidation sites excluding steroid dienone is 1. The molecule has 0 amide bonds. The highest BCUT2D eigenvalue weighted by Gasteiger charge is 2.23. The molecule has 0 aromatic heterocycles. The van der Waals surface area contributed by atoms with Crippen LogP contribution in [0.4, 0.5) is 10.1 Å². The number of ether oxygens (including phenoxy) is 1. The molecule has 26 heavy (non-hydrogen) atoms. The Balaban J connectivity index is 1.60. The van der Waals surface area contributed by atoms with Crippen molar-refractivity contribution in [3.05, 3.63) is 65.5 Å². The highest BCUT2D eigenvalue weighted by atomic mass is 19.1. The van der Waals surface area contributed by atoms with Crippen molar-refractivity contribution < 1.29 is 14.2 Å². The maximum atomic E-state index is 13.4. The lowest BCUT2D eigenvalue weighted by Crippen LogP contribution is -2.39. The highest BCUT2D eigenvalue weighted by molar-refractivity contribution is 5.97. The monoisotopic (exact) mass is 356 g/mol. The number of hydrogen-bond donors (Lipinski definition) is 2. The third kappa shape index (κ3) is 3.49. The SMILES string of the molecule is OCC1=C(Nc2cccc(F)c2)N=C2C=C(N3CCOCC3)C=CN2C1. The number of nitrogens with one attached hydrogen (secondary N) is 1. The van der Waals surface area contributed by atoms with E-state index in [9.17, 15) is 9.50 Å². The zero-order valence-corrected chi connectivity index (χ0v) is 14.4. The van der Waals surface area contributed by atoms with Gasteiger partial charge in [0.05, 0.1) is 26.4 Å². The first kappa shape index (κ1) is 16.8. The van der Waals surface area contributed by atoms with Crippen LogP contribution in [0, 0.1) is 5.82 Å². The second-order valence-electron chi connectivity index (χ2n) is 6.33. The van der Waals surface area contributed by atoms with Crippen LogP contribution in [0.15, 0.2) is 64.7 Å². The predicted octanol–water partition coefficient (Wildman–Crippen LogP) is 1.90. The number of hydrogen-bond acceptors (Lipinski definition) is 6. The molecule has 1 aromatic rings. The third-order valence-electron chi connectivity index (χ3n) is 4.57. The quantitative estimate of drug-likeness (QED) is 0.863. The molecular weight excluding hydrogens is 335 g/mol. The van der Waals surface area contributed by atoms with Crippen LogP contribution < -0.4 is 5.32 Å². The Kier molecular flexibility index (Phi) is 4.73. The highest BCUT2D eigenvalue weighted by Crippen LogP contribution is 2.24. The molecule has 3 aliphatic rings. The molecule has 0 saturated carbocycles. The Morgan fingerprint density at radius 2 is 2.12 bits per heavy atom. The van der Waals surface area contributed by atoms with Crippen LogP contribution in [0.2, 0.25) is 0 Å². The van der Waals surface area contributed by atoms with Crippen LogP contribution in [0.25, 0.3) is 0 Å². The first-order valence-corrected chi connectivity index (χ1v) is 8.66. The average molecular weight is 356 g/mol. The Morgan fingerprint density at radius 3 is 2.88 bits per heavy atom. The zero-order chi connectivity index (χ0) is 17.9. The average Bonchev–Trinajstić information content (AvgIpc) is 2.68. The summed E-state index contributed by atoms with van der Waals surface area (Å²) in [4.78, 5) is 8.93. The summed E-state index contributed by atoms with van der Waals surface area (Å²) in [6.45, 7) is 3.59. The molecule has 1 aromatic carbocycles. The van der Waals surface area contributed by atoms with E-state index in [-0.39, 0.29) is 12.4 Å². The Hall–Kier alpha value is -2.64. The van der Waals surface area contributed by atoms with Gasteiger partial charge in [-0.15, -0.1) is 0 Å². The Bertz CT molecular complexity index is 810. The van der Waals surface area contributed by atoms with Crippen molar-refractivity contribution >= 4 is 11.5 Å². The van der Waals surface area contributed by atoms with E-state index in [0.717, 1.165) is 43.4 Å². The lowest BCUT2D eigenvalue weighted by molar-refractivity contribution is 0.0553. The number of nitrogens with zero attached hydrogens (tertiary/aromatic N) is 3. The van der Waals surface area contributed by atoms with Crippen molar-refractivity contribution in [2.24, 2.45) is 4.99 Å². The first-order chi connectivity index (χ1) is 12.7. The minimum atomic E-state index is -0.318. The number of aliphatic hydroxyl groups is 1. The maximum absolute atomic E-state index is 13.4. The van der Waals surface area contributed by atoms with E-state index >= 15 is 0 Å². The summed E-state index contributed by atoms with van der Waals surface area (Å²) in [6.07, 6.45) is 6.08. The largest absolute Gasteiger partial charge is 0.392 e. The van der Waals surface area contributed by atoms with Gasteiger partial charge in [0.15, 0.2) is 0 Å². The fourth-order valence-corrected chi connectivity index (χ4v) is 3.17. The number of halogens is 1. The van der Waals surface area contributed by atoms with Crippen molar-refractivity contribution in [1.82, 2.24) is 9.80 Å². The summed E-state index contributed by atoms with van der Waals surface area (Å²) in [5, 5.41) is 12.8. The number of anilines is 1. The van der Waals surface area contributed by atoms with Crippen molar-refractivity contribution in [3.8, 4) is 0 Å². The summed E-state index contributed by atoms with van der Waals surface area (Å²) >= 11 is 0. The molecule has 0 atom stereocenters. The smallest absolute Gasteiger partial charge is 0.137 e. The lowest BCUT2D eigenvalue weighted by atomic mass is 10.1. The Morgan fingerprint density at radius 1 is 1.27 bits per heavy atom. The van der Waals surface area contributed by atoms with Gasteiger partial charge >= 0.3 is 0 Å². The van der Waals surface area contributed by atoms with Gasteiger partial charge in [-0.25, -0.2) is 9.38 Å². The van der Waals surface area contributed by atoms with Gasteiger partial charge in [0.2, 0.25) is 0 Å². The number of morpholine rings is 1. The molecule has 3 heterocycles. The lowest BCUT2D eigenvalue weighted by Gasteiger charge is -2.35. The Labute approximate surface area is 151 Å². The number of fused-ring (bicyclic) bond motifs is 1. The van der Waals surface area contributed by atoms with Gasteiger partial charge in [0.1, 0.15) is 17.5 Å². The molecule has 3 aliphatic heterocycles. The number of benzene rings is 1. The molecule has 2 N–H and O–H groups in total. The number of aliphatic hydroxyl groups excluding tert-OH is 1. The van der Waals surface area contributed by atoms with E-state index in [2.05, 4.69) is 21.3 Å². The summed E-state index contributed by atoms with van der Waals surface area (Å²) in [5.74, 6) is 1.05. The standard InChI is InChI=1S/C19H21FN4O2/c20-15-2-1-3-16(10-15)21-19-14(13-25)12-24-5-4-17(11-18(24)22-19)23-6-8-26-9-7-23/h1-5,10-11,21,25H,6-9,12-13H2. The number of aliphatic imine (C=N–C) groups is 1. The van der Waals surface area contributed by atoms with Crippen molar-refractivity contribution in [2.45, 2.75) is 0 Å². The van der Waals surface area contributed by atoms with E-state index in [0.29, 0.717) is 18.1 Å². The molecule has 1 saturated heterocycles. The van der Waals surface area contributed by atoms with Gasteiger partial charge in [-0.05, 0) is 24.3 Å². The minimum absolute atomic E-state index is 0.112. The molecule has 7 heteroatoms. The summed E-state index contributed by atoms with van der Waals surface area (Å²) < 4.78 is 18.9. The van der Waals surface area contributed by atoms with Crippen LogP contribution in [0.3, 0.4) is 0 Å². The second-order valence-corrected chi connectivity index (χ2v) is 6.33. The van der Waals surface area contributed by atoms with Crippen molar-refractivity contribution in [2.75, 3.05) is 44.8 Å². The fourth-order valence-electron chi connectivity index (χ4n) is 3.17. The van der Waals surface area contributed by atoms with Crippen molar-refractivity contribution in [1.29, 1.82) is 0 Å². The van der Waals surface area contributed by atoms with Crippen LogP contribution >= 0.6 is 0 Å². The normalized spacial score (nSPS) is 19.9. The first-order valence-electron chi connectivity index (χ1n) is 8.66. The molecule has 136 valence electrons. The molecule has 0 aliphatic carbocycles. The second kappa shape index (κ2) is 7.31. The van der Waals surface area contributed by atoms with E-state index in [1.165, 1.54) is 12.1 Å². The van der Waals surface area contributed by atoms with E-state index in [1.807, 2.05) is 17.2 Å². The van der Waals surface area contributed by atoms with Gasteiger partial charge in [0.25, 0.3) is 0 Å². The summed E-state index contributed by atoms with van der Waals surface area (Å²) in [7, 11) is 0. The number of amidine groups is 1. The minimum Gasteiger partial charge on any atom is -0.392 e. The molecule has 0 radical (unpaired) electrons. The molecule has 1 fully saturated rings. The van der Waals surface area contributed by atoms with Crippen molar-refractivity contribution in [3.63, 3.8) is 0 Å². The zero-order valence-electron chi connectivity index (χ0n) is 14.4. The van der Waals surface area contributed by atoms with Gasteiger partial charge in [-0.3, -0.25) is 0 Å². The van der Waals surface area contributed by atoms with Gasteiger partial charge in [-0.2, -0.15) is 0 Å². The summed E-state index contributed by atoms with van der Waals surface area (Å²) in [5.41, 5.74) is 2.46. The van der Waals surface area contributed by atoms with Crippen LogP contribution in [-0.2, 0) is 4.74 Å². The number of rotatable bonds is 4. The van der Waals surface area contributed by atoms with Crippen LogP contribution in [0.5, 0.6) is 0 Å². The van der Waals surface area contributed by atoms with Crippen LogP contribution in [-0.4, -0.2) is 60.2 Å². The van der Waals surface area contributed by atoms with Crippen LogP contribution in [0.1, 0.15) is 0 Å². The molecule has 6 nitrogen and oxygen atoms in total. The molecule has 0 unspecified atom stereocenters. The fraction of sp³-hybridized carbons (Fsp3) is 0.316. The van der Waals surface area contributed by atoms with E-state index < -0.39 is 0 Å². The molecule has 0 spiro atoms. The summed E-state index contributed by atoms with van der Waals surface area (Å²) in [6, 6.07) is 6.21. The molecular formula is C19H21FN4O2. The van der Waals surface area contributed by atoms with E-state index in [4.69, 9.17) is 4.74 Å². The topological polar surface area (TPSA) is 60.3 Å². The maximum Gasteiger partial charge on any atom is 0.137 e.